The second kappa shape index (κ2) is 1.81. The molecule has 0 nitrogen and oxygen atoms in total. The standard InChI is InChI=1S/C7H8/c1-2-3-4-7-5-6-7/h2-3,5H,4H2,1H3/b3-2-. The maximum Gasteiger partial charge on any atom is 0.00548 e. The fourth-order valence-electron chi connectivity index (χ4n) is 0.414. The molecule has 0 saturated heterocycles. The summed E-state index contributed by atoms with van der Waals surface area (Å²) in [6.45, 7) is 2.03. The second-order valence-electron chi connectivity index (χ2n) is 1.59. The van der Waals surface area contributed by atoms with Gasteiger partial charge in [-0.25, -0.2) is 0 Å². The van der Waals surface area contributed by atoms with E-state index in [1.807, 2.05) is 13.0 Å². The van der Waals surface area contributed by atoms with E-state index in [4.69, 9.17) is 0 Å². The fourth-order valence-corrected chi connectivity index (χ4v) is 0.414. The lowest BCUT2D eigenvalue weighted by Gasteiger charge is -1.74. The largest absolute Gasteiger partial charge is 0.115 e. The Hall–Kier alpha value is -0.740. The molecule has 1 aliphatic carbocycles. The number of hydrogen-bond donors (Lipinski definition) is 0. The third kappa shape index (κ3) is 1.43. The monoisotopic (exact) mass is 92.1 g/mol. The Morgan fingerprint density at radius 3 is 3.00 bits per heavy atom. The molecule has 0 aromatic heterocycles. The highest BCUT2D eigenvalue weighted by atomic mass is 14.0. The number of rotatable bonds is 2. The predicted octanol–water partition coefficient (Wildman–Crippen LogP) is 2.05. The molecular weight excluding hydrogens is 84.1 g/mol. The molecule has 0 amide bonds. The summed E-state index contributed by atoms with van der Waals surface area (Å²) in [5.41, 5.74) is 4.36. The smallest absolute Gasteiger partial charge is 0.00548 e. The predicted molar refractivity (Wildman–Crippen MR) is 31.0 cm³/mol. The molecule has 0 unspecified atom stereocenters. The summed E-state index contributed by atoms with van der Waals surface area (Å²) in [5.74, 6) is 0. The van der Waals surface area contributed by atoms with Crippen LogP contribution in [0, 0.1) is 0 Å². The Morgan fingerprint density at radius 2 is 2.57 bits per heavy atom. The summed E-state index contributed by atoms with van der Waals surface area (Å²) in [5, 5.41) is 0. The van der Waals surface area contributed by atoms with E-state index in [1.54, 1.807) is 0 Å². The van der Waals surface area contributed by atoms with Crippen LogP contribution in [0.1, 0.15) is 13.3 Å². The molecule has 1 rings (SSSR count). The van der Waals surface area contributed by atoms with Crippen molar-refractivity contribution in [3.8, 4) is 0 Å². The van der Waals surface area contributed by atoms with E-state index < -0.39 is 0 Å². The molecule has 0 radical (unpaired) electrons. The molecule has 0 heterocycles. The summed E-state index contributed by atoms with van der Waals surface area (Å²) in [4.78, 5) is 0. The van der Waals surface area contributed by atoms with Crippen molar-refractivity contribution in [2.75, 3.05) is 0 Å². The lowest BCUT2D eigenvalue weighted by molar-refractivity contribution is 1.34. The Labute approximate surface area is 43.9 Å². The molecule has 0 fully saturated rings. The van der Waals surface area contributed by atoms with Crippen molar-refractivity contribution in [2.24, 2.45) is 0 Å². The lowest BCUT2D eigenvalue weighted by atomic mass is 10.3. The molecule has 36 valence electrons. The van der Waals surface area contributed by atoms with Crippen LogP contribution < -0.4 is 0 Å². The van der Waals surface area contributed by atoms with Gasteiger partial charge in [0.05, 0.1) is 0 Å². The Morgan fingerprint density at radius 1 is 1.86 bits per heavy atom. The zero-order valence-corrected chi connectivity index (χ0v) is 4.44. The Balaban J connectivity index is 2.12. The van der Waals surface area contributed by atoms with Crippen molar-refractivity contribution < 1.29 is 0 Å². The van der Waals surface area contributed by atoms with Gasteiger partial charge >= 0.3 is 0 Å². The first-order chi connectivity index (χ1) is 3.43. The van der Waals surface area contributed by atoms with E-state index >= 15 is 0 Å². The summed E-state index contributed by atoms with van der Waals surface area (Å²) >= 11 is 0. The zero-order valence-electron chi connectivity index (χ0n) is 4.44. The van der Waals surface area contributed by atoms with E-state index in [0.717, 1.165) is 6.42 Å². The minimum absolute atomic E-state index is 1.08. The molecule has 0 N–H and O–H groups in total. The minimum atomic E-state index is 1.08. The van der Waals surface area contributed by atoms with Gasteiger partial charge in [-0.2, -0.15) is 0 Å². The van der Waals surface area contributed by atoms with Gasteiger partial charge in [0.15, 0.2) is 0 Å². The molecule has 0 bridgehead atoms. The maximum atomic E-state index is 3.01. The summed E-state index contributed by atoms with van der Waals surface area (Å²) < 4.78 is 0. The van der Waals surface area contributed by atoms with Gasteiger partial charge in [0.2, 0.25) is 0 Å². The highest BCUT2D eigenvalue weighted by Gasteiger charge is 1.93. The van der Waals surface area contributed by atoms with Gasteiger partial charge in [-0.3, -0.25) is 0 Å². The molecule has 7 heavy (non-hydrogen) atoms. The third-order valence-electron chi connectivity index (χ3n) is 0.922. The van der Waals surface area contributed by atoms with Crippen LogP contribution in [0.25, 0.3) is 0 Å². The van der Waals surface area contributed by atoms with Gasteiger partial charge in [0.25, 0.3) is 0 Å². The number of hydrogen-bond acceptors (Lipinski definition) is 0. The van der Waals surface area contributed by atoms with Crippen LogP contribution in [-0.4, -0.2) is 0 Å². The molecule has 0 aliphatic heterocycles. The third-order valence-corrected chi connectivity index (χ3v) is 0.922. The van der Waals surface area contributed by atoms with Gasteiger partial charge in [0.1, 0.15) is 0 Å². The lowest BCUT2D eigenvalue weighted by Crippen LogP contribution is -1.56. The van der Waals surface area contributed by atoms with Crippen molar-refractivity contribution in [3.05, 3.63) is 29.5 Å². The zero-order chi connectivity index (χ0) is 5.11. The van der Waals surface area contributed by atoms with Crippen LogP contribution >= 0.6 is 0 Å². The van der Waals surface area contributed by atoms with Gasteiger partial charge < -0.3 is 0 Å². The van der Waals surface area contributed by atoms with E-state index in [-0.39, 0.29) is 0 Å². The minimum Gasteiger partial charge on any atom is -0.115 e. The van der Waals surface area contributed by atoms with Crippen molar-refractivity contribution in [2.45, 2.75) is 13.3 Å². The van der Waals surface area contributed by atoms with E-state index in [9.17, 15) is 0 Å². The highest BCUT2D eigenvalue weighted by Crippen LogP contribution is 2.10. The normalized spacial score (nSPS) is 15.3. The summed E-state index contributed by atoms with van der Waals surface area (Å²) in [6.07, 6.45) is 7.28. The maximum absolute atomic E-state index is 3.01. The van der Waals surface area contributed by atoms with Gasteiger partial charge in [-0.15, -0.1) is 5.73 Å². The van der Waals surface area contributed by atoms with Crippen LogP contribution in [0.3, 0.4) is 0 Å². The fraction of sp³-hybridized carbons (Fsp3) is 0.286. The SMILES string of the molecule is C/C=C\CC1=C=C1. The van der Waals surface area contributed by atoms with Crippen LogP contribution in [0.15, 0.2) is 29.5 Å². The van der Waals surface area contributed by atoms with E-state index in [2.05, 4.69) is 17.9 Å². The molecular formula is C7H8. The van der Waals surface area contributed by atoms with Crippen LogP contribution in [0.4, 0.5) is 0 Å². The van der Waals surface area contributed by atoms with Crippen LogP contribution in [0.2, 0.25) is 0 Å². The quantitative estimate of drug-likeness (QED) is 0.361. The van der Waals surface area contributed by atoms with Crippen molar-refractivity contribution in [1.82, 2.24) is 0 Å². The summed E-state index contributed by atoms with van der Waals surface area (Å²) in [6, 6.07) is 0. The van der Waals surface area contributed by atoms with E-state index in [1.165, 1.54) is 5.57 Å². The van der Waals surface area contributed by atoms with Crippen LogP contribution in [0.5, 0.6) is 0 Å². The highest BCUT2D eigenvalue weighted by molar-refractivity contribution is 5.32. The van der Waals surface area contributed by atoms with Gasteiger partial charge in [-0.05, 0) is 19.4 Å². The topological polar surface area (TPSA) is 0 Å². The first kappa shape index (κ1) is 4.42. The van der Waals surface area contributed by atoms with Crippen molar-refractivity contribution in [3.63, 3.8) is 0 Å². The van der Waals surface area contributed by atoms with Crippen LogP contribution in [-0.2, 0) is 0 Å². The molecule has 0 aromatic rings. The average Bonchev–Trinajstić information content (AvgIpc) is 2.42. The molecule has 0 saturated carbocycles. The first-order valence-electron chi connectivity index (χ1n) is 2.50. The van der Waals surface area contributed by atoms with Crippen molar-refractivity contribution in [1.29, 1.82) is 0 Å². The molecule has 0 heteroatoms. The van der Waals surface area contributed by atoms with Gasteiger partial charge in [0, 0.05) is 5.57 Å². The Bertz CT molecular complexity index is 143. The molecule has 0 spiro atoms. The second-order valence-corrected chi connectivity index (χ2v) is 1.59. The van der Waals surface area contributed by atoms with Crippen molar-refractivity contribution >= 4 is 0 Å². The summed E-state index contributed by atoms with van der Waals surface area (Å²) in [7, 11) is 0. The van der Waals surface area contributed by atoms with E-state index in [0.29, 0.717) is 0 Å². The molecule has 0 aromatic carbocycles. The first-order valence-corrected chi connectivity index (χ1v) is 2.50. The average molecular weight is 92.1 g/mol. The number of allylic oxidation sites excluding steroid dienone is 3. The molecule has 1 aliphatic rings. The molecule has 0 atom stereocenters. The Kier molecular flexibility index (Phi) is 1.14. The van der Waals surface area contributed by atoms with Gasteiger partial charge in [-0.1, -0.05) is 12.2 Å².